The fraction of sp³-hybridized carbons (Fsp3) is 0.250. The second-order valence-electron chi connectivity index (χ2n) is 4.93. The number of rotatable bonds is 3. The highest BCUT2D eigenvalue weighted by Gasteiger charge is 2.24. The zero-order valence-electron chi connectivity index (χ0n) is 10.4. The summed E-state index contributed by atoms with van der Waals surface area (Å²) >= 11 is 0. The predicted octanol–water partition coefficient (Wildman–Crippen LogP) is 4.01. The van der Waals surface area contributed by atoms with Crippen molar-refractivity contribution in [2.24, 2.45) is 0 Å². The maximum absolute atomic E-state index is 10.6. The lowest BCUT2D eigenvalue weighted by molar-refractivity contribution is 0.0593. The van der Waals surface area contributed by atoms with Crippen LogP contribution in [0, 0.1) is 0 Å². The molecule has 2 aromatic rings. The van der Waals surface area contributed by atoms with Crippen molar-refractivity contribution < 1.29 is 5.11 Å². The summed E-state index contributed by atoms with van der Waals surface area (Å²) in [5.74, 6) is 0. The minimum absolute atomic E-state index is 0.584. The van der Waals surface area contributed by atoms with E-state index in [1.807, 2.05) is 38.1 Å². The van der Waals surface area contributed by atoms with Crippen LogP contribution in [0.5, 0.6) is 0 Å². The minimum atomic E-state index is -0.854. The van der Waals surface area contributed by atoms with Crippen LogP contribution in [0.4, 0.5) is 0 Å². The van der Waals surface area contributed by atoms with Gasteiger partial charge in [0.15, 0.2) is 0 Å². The van der Waals surface area contributed by atoms with Crippen LogP contribution in [0.1, 0.15) is 25.8 Å². The third-order valence-electron chi connectivity index (χ3n) is 3.02. The van der Waals surface area contributed by atoms with Gasteiger partial charge in [0.2, 0.25) is 0 Å². The van der Waals surface area contributed by atoms with E-state index in [0.29, 0.717) is 6.42 Å². The van der Waals surface area contributed by atoms with Gasteiger partial charge in [-0.1, -0.05) is 48.0 Å². The van der Waals surface area contributed by atoms with Crippen LogP contribution in [0.15, 0.2) is 54.6 Å². The molecular formula is C16H18O. The molecule has 0 aliphatic heterocycles. The zero-order valence-corrected chi connectivity index (χ0v) is 10.4. The Labute approximate surface area is 102 Å². The monoisotopic (exact) mass is 226 g/mol. The number of aliphatic hydroxyl groups is 1. The second-order valence-corrected chi connectivity index (χ2v) is 4.93. The average Bonchev–Trinajstić information content (AvgIpc) is 2.26. The summed E-state index contributed by atoms with van der Waals surface area (Å²) in [7, 11) is 0. The molecule has 0 fully saturated rings. The summed E-state index contributed by atoms with van der Waals surface area (Å²) in [6.07, 6.45) is 0.584. The first-order chi connectivity index (χ1) is 8.00. The summed E-state index contributed by atoms with van der Waals surface area (Å²) in [6, 6.07) is 14.2. The minimum Gasteiger partial charge on any atom is -0.385 e. The predicted molar refractivity (Wildman–Crippen MR) is 72.9 cm³/mol. The Hall–Kier alpha value is -1.60. The molecule has 0 aliphatic rings. The first-order valence-corrected chi connectivity index (χ1v) is 5.86. The summed E-state index contributed by atoms with van der Waals surface area (Å²) < 4.78 is 0. The summed E-state index contributed by atoms with van der Waals surface area (Å²) in [4.78, 5) is 0. The zero-order chi connectivity index (χ0) is 12.5. The van der Waals surface area contributed by atoms with Gasteiger partial charge in [0.25, 0.3) is 0 Å². The van der Waals surface area contributed by atoms with E-state index in [1.54, 1.807) is 0 Å². The van der Waals surface area contributed by atoms with Gasteiger partial charge in [0.1, 0.15) is 0 Å². The van der Waals surface area contributed by atoms with E-state index >= 15 is 0 Å². The smallest absolute Gasteiger partial charge is 0.0911 e. The number of hydrogen-bond acceptors (Lipinski definition) is 1. The lowest BCUT2D eigenvalue weighted by atomic mass is 9.86. The lowest BCUT2D eigenvalue weighted by Gasteiger charge is -2.25. The molecule has 0 aliphatic carbocycles. The molecule has 0 unspecified atom stereocenters. The molecule has 0 aromatic heterocycles. The van der Waals surface area contributed by atoms with Crippen LogP contribution in [0.3, 0.4) is 0 Å². The van der Waals surface area contributed by atoms with Crippen LogP contribution >= 0.6 is 0 Å². The van der Waals surface area contributed by atoms with Crippen molar-refractivity contribution in [1.82, 2.24) is 0 Å². The van der Waals surface area contributed by atoms with Gasteiger partial charge in [0, 0.05) is 6.42 Å². The topological polar surface area (TPSA) is 20.2 Å². The fourth-order valence-corrected chi connectivity index (χ4v) is 2.38. The van der Waals surface area contributed by atoms with E-state index in [4.69, 9.17) is 0 Å². The van der Waals surface area contributed by atoms with Gasteiger partial charge >= 0.3 is 0 Å². The van der Waals surface area contributed by atoms with Crippen molar-refractivity contribution in [1.29, 1.82) is 0 Å². The van der Waals surface area contributed by atoms with Crippen molar-refractivity contribution in [3.63, 3.8) is 0 Å². The molecule has 2 aromatic carbocycles. The molecule has 0 heterocycles. The largest absolute Gasteiger partial charge is 0.385 e. The molecule has 17 heavy (non-hydrogen) atoms. The second kappa shape index (κ2) is 4.34. The number of fused-ring (bicyclic) bond motifs is 1. The lowest BCUT2D eigenvalue weighted by Crippen LogP contribution is -2.21. The van der Waals surface area contributed by atoms with E-state index in [1.165, 1.54) is 0 Å². The molecule has 1 N–H and O–H groups in total. The average molecular weight is 226 g/mol. The molecule has 1 nitrogen and oxygen atoms in total. The van der Waals surface area contributed by atoms with Crippen LogP contribution in [0.2, 0.25) is 0 Å². The first-order valence-electron chi connectivity index (χ1n) is 5.86. The Morgan fingerprint density at radius 2 is 1.82 bits per heavy atom. The molecule has 0 radical (unpaired) electrons. The summed E-state index contributed by atoms with van der Waals surface area (Å²) in [5, 5.41) is 12.9. The van der Waals surface area contributed by atoms with Crippen LogP contribution in [-0.4, -0.2) is 5.11 Å². The Balaban J connectivity index is 2.58. The first kappa shape index (κ1) is 11.9. The third kappa shape index (κ3) is 2.40. The molecule has 0 spiro atoms. The van der Waals surface area contributed by atoms with E-state index in [0.717, 1.165) is 21.9 Å². The van der Waals surface area contributed by atoms with Crippen molar-refractivity contribution in [2.75, 3.05) is 0 Å². The SMILES string of the molecule is C=C(C)C[C@](C)(O)c1cccc2ccccc12. The highest BCUT2D eigenvalue weighted by atomic mass is 16.3. The van der Waals surface area contributed by atoms with Crippen molar-refractivity contribution >= 4 is 10.8 Å². The molecular weight excluding hydrogens is 208 g/mol. The quantitative estimate of drug-likeness (QED) is 0.784. The van der Waals surface area contributed by atoms with E-state index < -0.39 is 5.60 Å². The Morgan fingerprint density at radius 1 is 1.18 bits per heavy atom. The summed E-state index contributed by atoms with van der Waals surface area (Å²) in [5.41, 5.74) is 1.11. The van der Waals surface area contributed by atoms with Gasteiger partial charge in [-0.2, -0.15) is 0 Å². The van der Waals surface area contributed by atoms with E-state index in [2.05, 4.69) is 24.8 Å². The van der Waals surface area contributed by atoms with Gasteiger partial charge in [-0.15, -0.1) is 6.58 Å². The maximum Gasteiger partial charge on any atom is 0.0911 e. The number of hydrogen-bond donors (Lipinski definition) is 1. The van der Waals surface area contributed by atoms with Crippen LogP contribution < -0.4 is 0 Å². The molecule has 0 bridgehead atoms. The molecule has 1 heteroatoms. The van der Waals surface area contributed by atoms with E-state index in [9.17, 15) is 5.11 Å². The maximum atomic E-state index is 10.6. The van der Waals surface area contributed by atoms with Crippen molar-refractivity contribution in [2.45, 2.75) is 25.9 Å². The normalized spacial score (nSPS) is 14.5. The van der Waals surface area contributed by atoms with Crippen LogP contribution in [0.25, 0.3) is 10.8 Å². The van der Waals surface area contributed by atoms with Crippen molar-refractivity contribution in [3.05, 3.63) is 60.2 Å². The highest BCUT2D eigenvalue weighted by molar-refractivity contribution is 5.86. The van der Waals surface area contributed by atoms with Gasteiger partial charge in [0.05, 0.1) is 5.60 Å². The standard InChI is InChI=1S/C16H18O/c1-12(2)11-16(3,17)15-10-6-8-13-7-4-5-9-14(13)15/h4-10,17H,1,11H2,2-3H3/t16-/m0/s1. The molecule has 88 valence electrons. The third-order valence-corrected chi connectivity index (χ3v) is 3.02. The summed E-state index contributed by atoms with van der Waals surface area (Å²) in [6.45, 7) is 7.68. The van der Waals surface area contributed by atoms with Gasteiger partial charge in [-0.05, 0) is 30.2 Å². The van der Waals surface area contributed by atoms with Gasteiger partial charge < -0.3 is 5.11 Å². The Bertz CT molecular complexity index is 547. The van der Waals surface area contributed by atoms with Gasteiger partial charge in [-0.25, -0.2) is 0 Å². The molecule has 0 amide bonds. The van der Waals surface area contributed by atoms with Crippen molar-refractivity contribution in [3.8, 4) is 0 Å². The fourth-order valence-electron chi connectivity index (χ4n) is 2.38. The molecule has 2 rings (SSSR count). The van der Waals surface area contributed by atoms with Gasteiger partial charge in [-0.3, -0.25) is 0 Å². The molecule has 0 saturated heterocycles. The Morgan fingerprint density at radius 3 is 2.53 bits per heavy atom. The van der Waals surface area contributed by atoms with Crippen LogP contribution in [-0.2, 0) is 5.60 Å². The highest BCUT2D eigenvalue weighted by Crippen LogP contribution is 2.32. The molecule has 1 atom stereocenters. The Kier molecular flexibility index (Phi) is 3.03. The van der Waals surface area contributed by atoms with E-state index in [-0.39, 0.29) is 0 Å². The number of benzene rings is 2. The molecule has 0 saturated carbocycles.